The van der Waals surface area contributed by atoms with Crippen LogP contribution in [0.2, 0.25) is 0 Å². The van der Waals surface area contributed by atoms with Gasteiger partial charge in [0.05, 0.1) is 5.60 Å². The normalized spacial score (nSPS) is 19.3. The fraction of sp³-hybridized carbons (Fsp3) is 0.571. The standard InChI is InChI=1S/C14H19FO/c1-13(2,3)10-5-6-12(15)11(9-10)14(16)7-4-8-14/h5-6,9,16H,4,7-8H2,1-3H3. The van der Waals surface area contributed by atoms with Crippen LogP contribution >= 0.6 is 0 Å². The minimum atomic E-state index is -0.911. The van der Waals surface area contributed by atoms with Crippen LogP contribution < -0.4 is 0 Å². The van der Waals surface area contributed by atoms with Crippen molar-refractivity contribution in [3.05, 3.63) is 35.1 Å². The second-order valence-electron chi connectivity index (χ2n) is 5.83. The third-order valence-corrected chi connectivity index (χ3v) is 3.51. The van der Waals surface area contributed by atoms with Crippen LogP contribution in [-0.2, 0) is 11.0 Å². The molecule has 0 radical (unpaired) electrons. The molecular weight excluding hydrogens is 203 g/mol. The molecule has 0 bridgehead atoms. The van der Waals surface area contributed by atoms with E-state index in [1.54, 1.807) is 6.07 Å². The lowest BCUT2D eigenvalue weighted by atomic mass is 9.73. The van der Waals surface area contributed by atoms with Crippen molar-refractivity contribution in [3.8, 4) is 0 Å². The van der Waals surface area contributed by atoms with Crippen LogP contribution in [0.5, 0.6) is 0 Å². The molecule has 0 amide bonds. The van der Waals surface area contributed by atoms with Gasteiger partial charge in [0, 0.05) is 5.56 Å². The molecule has 1 saturated carbocycles. The van der Waals surface area contributed by atoms with E-state index in [9.17, 15) is 9.50 Å². The highest BCUT2D eigenvalue weighted by molar-refractivity contribution is 5.34. The van der Waals surface area contributed by atoms with Gasteiger partial charge in [0.2, 0.25) is 0 Å². The van der Waals surface area contributed by atoms with E-state index in [0.29, 0.717) is 18.4 Å². The maximum absolute atomic E-state index is 13.7. The highest BCUT2D eigenvalue weighted by atomic mass is 19.1. The van der Waals surface area contributed by atoms with Crippen molar-refractivity contribution >= 4 is 0 Å². The number of benzene rings is 1. The zero-order valence-electron chi connectivity index (χ0n) is 10.2. The topological polar surface area (TPSA) is 20.2 Å². The predicted molar refractivity (Wildman–Crippen MR) is 62.8 cm³/mol. The minimum absolute atomic E-state index is 0.0114. The quantitative estimate of drug-likeness (QED) is 0.771. The molecule has 16 heavy (non-hydrogen) atoms. The molecule has 1 fully saturated rings. The molecule has 0 atom stereocenters. The fourth-order valence-electron chi connectivity index (χ4n) is 2.13. The van der Waals surface area contributed by atoms with Gasteiger partial charge in [-0.05, 0) is 42.4 Å². The second-order valence-corrected chi connectivity index (χ2v) is 5.83. The van der Waals surface area contributed by atoms with E-state index in [4.69, 9.17) is 0 Å². The molecule has 1 aliphatic carbocycles. The third-order valence-electron chi connectivity index (χ3n) is 3.51. The van der Waals surface area contributed by atoms with E-state index in [1.807, 2.05) is 6.07 Å². The van der Waals surface area contributed by atoms with Gasteiger partial charge in [-0.1, -0.05) is 26.8 Å². The maximum Gasteiger partial charge on any atom is 0.129 e. The Balaban J connectivity index is 2.45. The zero-order chi connectivity index (χ0) is 12.0. The first-order chi connectivity index (χ1) is 7.33. The molecule has 1 aliphatic rings. The van der Waals surface area contributed by atoms with E-state index in [2.05, 4.69) is 20.8 Å². The Morgan fingerprint density at radius 1 is 1.25 bits per heavy atom. The molecular formula is C14H19FO. The lowest BCUT2D eigenvalue weighted by Gasteiger charge is -2.38. The highest BCUT2D eigenvalue weighted by Crippen LogP contribution is 2.43. The van der Waals surface area contributed by atoms with Gasteiger partial charge in [0.1, 0.15) is 5.82 Å². The van der Waals surface area contributed by atoms with Crippen molar-refractivity contribution in [1.29, 1.82) is 0 Å². The van der Waals surface area contributed by atoms with Crippen LogP contribution in [0, 0.1) is 5.82 Å². The molecule has 1 nitrogen and oxygen atoms in total. The summed E-state index contributed by atoms with van der Waals surface area (Å²) >= 11 is 0. The Morgan fingerprint density at radius 3 is 2.31 bits per heavy atom. The number of hydrogen-bond donors (Lipinski definition) is 1. The van der Waals surface area contributed by atoms with Crippen LogP contribution in [-0.4, -0.2) is 5.11 Å². The fourth-order valence-corrected chi connectivity index (χ4v) is 2.13. The summed E-state index contributed by atoms with van der Waals surface area (Å²) in [5.74, 6) is -0.282. The van der Waals surface area contributed by atoms with Crippen LogP contribution in [0.1, 0.15) is 51.2 Å². The average molecular weight is 222 g/mol. The van der Waals surface area contributed by atoms with E-state index in [1.165, 1.54) is 6.07 Å². The lowest BCUT2D eigenvalue weighted by molar-refractivity contribution is -0.0417. The van der Waals surface area contributed by atoms with Crippen LogP contribution in [0.15, 0.2) is 18.2 Å². The van der Waals surface area contributed by atoms with E-state index in [-0.39, 0.29) is 11.2 Å². The Hall–Kier alpha value is -0.890. The monoisotopic (exact) mass is 222 g/mol. The second kappa shape index (κ2) is 3.56. The summed E-state index contributed by atoms with van der Waals surface area (Å²) in [6.07, 6.45) is 2.34. The minimum Gasteiger partial charge on any atom is -0.385 e. The van der Waals surface area contributed by atoms with Crippen molar-refractivity contribution in [2.24, 2.45) is 0 Å². The smallest absolute Gasteiger partial charge is 0.129 e. The molecule has 1 N–H and O–H groups in total. The van der Waals surface area contributed by atoms with Crippen LogP contribution in [0.3, 0.4) is 0 Å². The van der Waals surface area contributed by atoms with E-state index in [0.717, 1.165) is 12.0 Å². The van der Waals surface area contributed by atoms with Gasteiger partial charge in [-0.15, -0.1) is 0 Å². The number of aliphatic hydroxyl groups is 1. The molecule has 88 valence electrons. The van der Waals surface area contributed by atoms with Gasteiger partial charge < -0.3 is 5.11 Å². The van der Waals surface area contributed by atoms with Gasteiger partial charge in [0.15, 0.2) is 0 Å². The molecule has 2 rings (SSSR count). The highest BCUT2D eigenvalue weighted by Gasteiger charge is 2.38. The Labute approximate surface area is 96.3 Å². The molecule has 0 saturated heterocycles. The van der Waals surface area contributed by atoms with Crippen LogP contribution in [0.4, 0.5) is 4.39 Å². The molecule has 2 heteroatoms. The van der Waals surface area contributed by atoms with Gasteiger partial charge in [-0.2, -0.15) is 0 Å². The summed E-state index contributed by atoms with van der Waals surface area (Å²) in [5, 5.41) is 10.2. The number of hydrogen-bond acceptors (Lipinski definition) is 1. The Morgan fingerprint density at radius 2 is 1.88 bits per heavy atom. The molecule has 0 unspecified atom stereocenters. The first kappa shape index (κ1) is 11.6. The maximum atomic E-state index is 13.7. The number of halogens is 1. The average Bonchev–Trinajstić information content (AvgIpc) is 2.13. The van der Waals surface area contributed by atoms with Crippen molar-refractivity contribution in [1.82, 2.24) is 0 Å². The summed E-state index contributed by atoms with van der Waals surface area (Å²) in [6, 6.07) is 5.11. The predicted octanol–water partition coefficient (Wildman–Crippen LogP) is 3.49. The molecule has 1 aromatic rings. The Bertz CT molecular complexity index is 400. The van der Waals surface area contributed by atoms with E-state index < -0.39 is 5.60 Å². The molecule has 0 aliphatic heterocycles. The van der Waals surface area contributed by atoms with Gasteiger partial charge >= 0.3 is 0 Å². The van der Waals surface area contributed by atoms with Crippen molar-refractivity contribution in [2.45, 2.75) is 51.0 Å². The van der Waals surface area contributed by atoms with Gasteiger partial charge in [0.25, 0.3) is 0 Å². The molecule has 0 heterocycles. The first-order valence-electron chi connectivity index (χ1n) is 5.86. The van der Waals surface area contributed by atoms with Gasteiger partial charge in [-0.3, -0.25) is 0 Å². The van der Waals surface area contributed by atoms with Crippen molar-refractivity contribution in [2.75, 3.05) is 0 Å². The van der Waals surface area contributed by atoms with Gasteiger partial charge in [-0.25, -0.2) is 4.39 Å². The zero-order valence-corrected chi connectivity index (χ0v) is 10.2. The summed E-state index contributed by atoms with van der Waals surface area (Å²) in [6.45, 7) is 6.28. The largest absolute Gasteiger partial charge is 0.385 e. The molecule has 0 aromatic heterocycles. The molecule has 1 aromatic carbocycles. The lowest BCUT2D eigenvalue weighted by Crippen LogP contribution is -2.35. The van der Waals surface area contributed by atoms with Crippen LogP contribution in [0.25, 0.3) is 0 Å². The van der Waals surface area contributed by atoms with E-state index >= 15 is 0 Å². The Kier molecular flexibility index (Phi) is 2.58. The van der Waals surface area contributed by atoms with Crippen molar-refractivity contribution < 1.29 is 9.50 Å². The third kappa shape index (κ3) is 1.86. The summed E-state index contributed by atoms with van der Waals surface area (Å²) in [7, 11) is 0. The number of rotatable bonds is 1. The first-order valence-corrected chi connectivity index (χ1v) is 5.86. The summed E-state index contributed by atoms with van der Waals surface area (Å²) < 4.78 is 13.7. The summed E-state index contributed by atoms with van der Waals surface area (Å²) in [5.41, 5.74) is 0.629. The van der Waals surface area contributed by atoms with Crippen molar-refractivity contribution in [3.63, 3.8) is 0 Å². The SMILES string of the molecule is CC(C)(C)c1ccc(F)c(C2(O)CCC2)c1. The molecule has 0 spiro atoms. The summed E-state index contributed by atoms with van der Waals surface area (Å²) in [4.78, 5) is 0.